The zero-order valence-corrected chi connectivity index (χ0v) is 17.1. The van der Waals surface area contributed by atoms with E-state index in [1.807, 2.05) is 85.8 Å². The van der Waals surface area contributed by atoms with Gasteiger partial charge in [0, 0.05) is 0 Å². The minimum Gasteiger partial charge on any atom is -0.345 e. The Morgan fingerprint density at radius 3 is 2.63 bits per heavy atom. The number of anilines is 1. The van der Waals surface area contributed by atoms with Gasteiger partial charge in [-0.1, -0.05) is 42.0 Å². The molecule has 30 heavy (non-hydrogen) atoms. The summed E-state index contributed by atoms with van der Waals surface area (Å²) in [6, 6.07) is 23.5. The van der Waals surface area contributed by atoms with Crippen molar-refractivity contribution in [2.45, 2.75) is 6.92 Å². The average molecular weight is 411 g/mol. The molecular formula is C24H18N4OS. The van der Waals surface area contributed by atoms with Crippen LogP contribution in [0.25, 0.3) is 17.1 Å². The number of nitrogens with one attached hydrogen (secondary N) is 1. The second-order valence-electron chi connectivity index (χ2n) is 7.00. The van der Waals surface area contributed by atoms with Gasteiger partial charge in [0.05, 0.1) is 33.6 Å². The van der Waals surface area contributed by atoms with E-state index in [1.165, 1.54) is 17.3 Å². The summed E-state index contributed by atoms with van der Waals surface area (Å²) in [5.41, 5.74) is 5.55. The first-order chi connectivity index (χ1) is 14.7. The number of aromatic nitrogens is 2. The zero-order valence-electron chi connectivity index (χ0n) is 16.2. The minimum absolute atomic E-state index is 0.0841. The second-order valence-corrected chi connectivity index (χ2v) is 8.00. The molecule has 0 bridgehead atoms. The van der Waals surface area contributed by atoms with Crippen molar-refractivity contribution in [3.8, 4) is 0 Å². The van der Waals surface area contributed by atoms with Crippen LogP contribution in [-0.2, 0) is 4.79 Å². The van der Waals surface area contributed by atoms with Crippen LogP contribution in [-0.4, -0.2) is 21.0 Å². The van der Waals surface area contributed by atoms with E-state index in [1.54, 1.807) is 11.2 Å². The van der Waals surface area contributed by atoms with Gasteiger partial charge in [-0.3, -0.25) is 9.69 Å². The number of aliphatic imine (C=N–C) groups is 1. The number of aryl methyl sites for hydroxylation is 1. The lowest BCUT2D eigenvalue weighted by molar-refractivity contribution is -0.113. The lowest BCUT2D eigenvalue weighted by Crippen LogP contribution is -2.28. The van der Waals surface area contributed by atoms with Crippen molar-refractivity contribution in [2.75, 3.05) is 4.90 Å². The van der Waals surface area contributed by atoms with Crippen molar-refractivity contribution in [1.29, 1.82) is 0 Å². The molecule has 0 atom stereocenters. The van der Waals surface area contributed by atoms with Crippen LogP contribution in [0.1, 0.15) is 11.1 Å². The molecule has 0 radical (unpaired) electrons. The summed E-state index contributed by atoms with van der Waals surface area (Å²) in [4.78, 5) is 27.8. The molecule has 1 aromatic heterocycles. The predicted octanol–water partition coefficient (Wildman–Crippen LogP) is 5.68. The Balaban J connectivity index is 1.56. The molecule has 6 heteroatoms. The lowest BCUT2D eigenvalue weighted by atomic mass is 10.2. The van der Waals surface area contributed by atoms with Gasteiger partial charge in [-0.15, -0.1) is 0 Å². The fourth-order valence-corrected chi connectivity index (χ4v) is 4.27. The summed E-state index contributed by atoms with van der Waals surface area (Å²) in [6.07, 6.45) is 3.56. The molecule has 1 saturated heterocycles. The number of amidine groups is 1. The number of H-pyrrole nitrogens is 1. The molecule has 1 amide bonds. The van der Waals surface area contributed by atoms with E-state index in [2.05, 4.69) is 9.97 Å². The smallest absolute Gasteiger partial charge is 0.271 e. The Morgan fingerprint density at radius 2 is 1.83 bits per heavy atom. The molecule has 0 unspecified atom stereocenters. The number of rotatable bonds is 3. The molecule has 5 nitrogen and oxygen atoms in total. The summed E-state index contributed by atoms with van der Waals surface area (Å²) in [5, 5.41) is 0.641. The third-order valence-corrected chi connectivity index (χ3v) is 5.79. The van der Waals surface area contributed by atoms with E-state index in [0.29, 0.717) is 10.1 Å². The molecule has 4 aromatic rings. The fraction of sp³-hybridized carbons (Fsp3) is 0.0417. The van der Waals surface area contributed by atoms with Crippen LogP contribution >= 0.6 is 11.8 Å². The molecule has 3 aromatic carbocycles. The van der Waals surface area contributed by atoms with Gasteiger partial charge in [-0.2, -0.15) is 0 Å². The number of nitrogens with zero attached hydrogens (tertiary/aromatic N) is 3. The summed E-state index contributed by atoms with van der Waals surface area (Å²) in [5.74, 6) is -0.0841. The fourth-order valence-electron chi connectivity index (χ4n) is 3.27. The van der Waals surface area contributed by atoms with Crippen LogP contribution in [0.15, 0.2) is 89.0 Å². The number of hydrogen-bond acceptors (Lipinski definition) is 4. The van der Waals surface area contributed by atoms with Gasteiger partial charge in [0.2, 0.25) is 0 Å². The van der Waals surface area contributed by atoms with Crippen molar-refractivity contribution in [2.24, 2.45) is 4.99 Å². The first-order valence-electron chi connectivity index (χ1n) is 9.55. The number of amides is 1. The van der Waals surface area contributed by atoms with Crippen LogP contribution in [0, 0.1) is 6.92 Å². The Kier molecular flexibility index (Phi) is 4.69. The number of hydrogen-bond donors (Lipinski definition) is 1. The molecule has 1 aliphatic rings. The molecule has 1 N–H and O–H groups in total. The zero-order chi connectivity index (χ0) is 20.5. The maximum atomic E-state index is 13.3. The summed E-state index contributed by atoms with van der Waals surface area (Å²) in [6.45, 7) is 2.04. The van der Waals surface area contributed by atoms with Gasteiger partial charge >= 0.3 is 0 Å². The van der Waals surface area contributed by atoms with Crippen LogP contribution in [0.5, 0.6) is 0 Å². The topological polar surface area (TPSA) is 61.4 Å². The third kappa shape index (κ3) is 3.53. The molecule has 1 fully saturated rings. The van der Waals surface area contributed by atoms with Gasteiger partial charge < -0.3 is 4.98 Å². The highest BCUT2D eigenvalue weighted by molar-refractivity contribution is 8.19. The molecule has 146 valence electrons. The van der Waals surface area contributed by atoms with Crippen LogP contribution < -0.4 is 4.90 Å². The van der Waals surface area contributed by atoms with E-state index in [0.717, 1.165) is 28.0 Å². The molecule has 1 aliphatic heterocycles. The number of imidazole rings is 1. The van der Waals surface area contributed by atoms with Gasteiger partial charge in [-0.25, -0.2) is 9.98 Å². The van der Waals surface area contributed by atoms with Gasteiger partial charge in [0.25, 0.3) is 5.91 Å². The number of carbonyl (C=O) groups is 1. The normalized spacial score (nSPS) is 16.8. The van der Waals surface area contributed by atoms with Crippen molar-refractivity contribution >= 4 is 51.3 Å². The van der Waals surface area contributed by atoms with Gasteiger partial charge in [0.15, 0.2) is 5.17 Å². The third-order valence-electron chi connectivity index (χ3n) is 4.82. The summed E-state index contributed by atoms with van der Waals surface area (Å²) in [7, 11) is 0. The first kappa shape index (κ1) is 18.4. The molecule has 5 rings (SSSR count). The first-order valence-corrected chi connectivity index (χ1v) is 10.4. The Bertz CT molecular complexity index is 1290. The monoisotopic (exact) mass is 410 g/mol. The predicted molar refractivity (Wildman–Crippen MR) is 124 cm³/mol. The maximum absolute atomic E-state index is 13.3. The van der Waals surface area contributed by atoms with E-state index in [-0.39, 0.29) is 5.91 Å². The summed E-state index contributed by atoms with van der Waals surface area (Å²) >= 11 is 1.38. The molecular weight excluding hydrogens is 392 g/mol. The number of aromatic amines is 1. The highest BCUT2D eigenvalue weighted by Gasteiger charge is 2.34. The van der Waals surface area contributed by atoms with Gasteiger partial charge in [0.1, 0.15) is 0 Å². The van der Waals surface area contributed by atoms with Crippen molar-refractivity contribution in [3.63, 3.8) is 0 Å². The SMILES string of the molecule is Cc1ccc(/N=C2\S/C(=C\c3ccc4[nH]cnc4c3)C(=O)N2c2ccccc2)cc1. The van der Waals surface area contributed by atoms with E-state index >= 15 is 0 Å². The van der Waals surface area contributed by atoms with E-state index in [9.17, 15) is 4.79 Å². The molecule has 2 heterocycles. The minimum atomic E-state index is -0.0841. The maximum Gasteiger partial charge on any atom is 0.271 e. The Hall–Kier alpha value is -3.64. The van der Waals surface area contributed by atoms with Crippen molar-refractivity contribution in [1.82, 2.24) is 9.97 Å². The van der Waals surface area contributed by atoms with Crippen LogP contribution in [0.3, 0.4) is 0 Å². The quantitative estimate of drug-likeness (QED) is 0.442. The summed E-state index contributed by atoms with van der Waals surface area (Å²) < 4.78 is 0. The largest absolute Gasteiger partial charge is 0.345 e. The van der Waals surface area contributed by atoms with Crippen LogP contribution in [0.2, 0.25) is 0 Å². The van der Waals surface area contributed by atoms with Crippen LogP contribution in [0.4, 0.5) is 11.4 Å². The lowest BCUT2D eigenvalue weighted by Gasteiger charge is -2.15. The highest BCUT2D eigenvalue weighted by Crippen LogP contribution is 2.37. The Morgan fingerprint density at radius 1 is 1.03 bits per heavy atom. The molecule has 0 aliphatic carbocycles. The standard InChI is InChI=1S/C24H18N4OS/c1-16-7-10-18(11-8-16)27-24-28(19-5-3-2-4-6-19)23(29)22(30-24)14-17-9-12-20-21(13-17)26-15-25-20/h2-15H,1H3,(H,25,26)/b22-14-,27-24-. The average Bonchev–Trinajstić information content (AvgIpc) is 3.34. The van der Waals surface area contributed by atoms with Crippen molar-refractivity contribution < 1.29 is 4.79 Å². The molecule has 0 spiro atoms. The highest BCUT2D eigenvalue weighted by atomic mass is 32.2. The second kappa shape index (κ2) is 7.65. The Labute approximate surface area is 178 Å². The number of benzene rings is 3. The van der Waals surface area contributed by atoms with E-state index in [4.69, 9.17) is 4.99 Å². The number of thioether (sulfide) groups is 1. The molecule has 0 saturated carbocycles. The van der Waals surface area contributed by atoms with E-state index < -0.39 is 0 Å². The number of carbonyl (C=O) groups excluding carboxylic acids is 1. The van der Waals surface area contributed by atoms with Crippen molar-refractivity contribution in [3.05, 3.63) is 95.2 Å². The van der Waals surface area contributed by atoms with Gasteiger partial charge in [-0.05, 0) is 66.7 Å². The number of para-hydroxylation sites is 1. The number of fused-ring (bicyclic) bond motifs is 1.